The average Bonchev–Trinajstić information content (AvgIpc) is 2.26. The molecule has 0 fully saturated rings. The fourth-order valence-corrected chi connectivity index (χ4v) is 1.40. The zero-order valence-corrected chi connectivity index (χ0v) is 8.15. The Morgan fingerprint density at radius 3 is 2.67 bits per heavy atom. The van der Waals surface area contributed by atoms with Crippen LogP contribution in [-0.4, -0.2) is 17.4 Å². The first-order valence-corrected chi connectivity index (χ1v) is 4.40. The van der Waals surface area contributed by atoms with Crippen molar-refractivity contribution in [1.29, 1.82) is 5.26 Å². The minimum absolute atomic E-state index is 0.0585. The summed E-state index contributed by atoms with van der Waals surface area (Å²) in [7, 11) is 0. The number of aryl methyl sites for hydroxylation is 1. The number of aromatic carboxylic acids is 1. The third-order valence-electron chi connectivity index (χ3n) is 2.18. The fourth-order valence-electron chi connectivity index (χ4n) is 1.40. The van der Waals surface area contributed by atoms with Crippen LogP contribution in [0.25, 0.3) is 0 Å². The molecule has 0 spiro atoms. The van der Waals surface area contributed by atoms with E-state index in [1.54, 1.807) is 12.1 Å². The van der Waals surface area contributed by atoms with E-state index in [1.165, 1.54) is 6.07 Å². The summed E-state index contributed by atoms with van der Waals surface area (Å²) in [6.07, 6.45) is 1.12. The molecule has 0 unspecified atom stereocenters. The summed E-state index contributed by atoms with van der Waals surface area (Å²) in [6, 6.07) is 4.68. The van der Waals surface area contributed by atoms with Crippen molar-refractivity contribution < 1.29 is 14.7 Å². The van der Waals surface area contributed by atoms with Gasteiger partial charge in [-0.05, 0) is 18.1 Å². The minimum atomic E-state index is -1.20. The highest BCUT2D eigenvalue weighted by Gasteiger charge is 2.16. The molecule has 0 saturated heterocycles. The maximum absolute atomic E-state index is 10.8. The van der Waals surface area contributed by atoms with Crippen LogP contribution in [0.2, 0.25) is 0 Å². The van der Waals surface area contributed by atoms with Crippen molar-refractivity contribution in [3.05, 3.63) is 34.4 Å². The number of carbonyl (C=O) groups is 2. The number of hydrogen-bond acceptors (Lipinski definition) is 3. The summed E-state index contributed by atoms with van der Waals surface area (Å²) < 4.78 is 0. The molecule has 1 aromatic rings. The first-order valence-electron chi connectivity index (χ1n) is 4.40. The van der Waals surface area contributed by atoms with Crippen LogP contribution < -0.4 is 0 Å². The molecule has 1 N–H and O–H groups in total. The van der Waals surface area contributed by atoms with Gasteiger partial charge in [0.25, 0.3) is 0 Å². The van der Waals surface area contributed by atoms with E-state index in [0.29, 0.717) is 18.3 Å². The Morgan fingerprint density at radius 1 is 1.60 bits per heavy atom. The summed E-state index contributed by atoms with van der Waals surface area (Å²) >= 11 is 0. The number of nitriles is 1. The van der Waals surface area contributed by atoms with Crippen LogP contribution in [0, 0.1) is 11.3 Å². The molecule has 1 aromatic carbocycles. The van der Waals surface area contributed by atoms with Crippen LogP contribution in [0.5, 0.6) is 0 Å². The Morgan fingerprint density at radius 2 is 2.27 bits per heavy atom. The van der Waals surface area contributed by atoms with E-state index in [-0.39, 0.29) is 16.7 Å². The lowest BCUT2D eigenvalue weighted by atomic mass is 9.96. The van der Waals surface area contributed by atoms with Gasteiger partial charge in [0.2, 0.25) is 0 Å². The highest BCUT2D eigenvalue weighted by molar-refractivity contribution is 5.95. The van der Waals surface area contributed by atoms with Crippen LogP contribution in [0.4, 0.5) is 0 Å². The first-order chi connectivity index (χ1) is 7.15. The number of rotatable bonds is 3. The molecule has 0 aliphatic carbocycles. The second kappa shape index (κ2) is 4.38. The Hall–Kier alpha value is -2.15. The zero-order chi connectivity index (χ0) is 11.4. The number of carboxylic acid groups (broad SMARTS) is 1. The molecule has 0 aliphatic rings. The molecule has 0 aliphatic heterocycles. The van der Waals surface area contributed by atoms with Crippen LogP contribution in [-0.2, 0) is 6.42 Å². The lowest BCUT2D eigenvalue weighted by Crippen LogP contribution is -2.05. The van der Waals surface area contributed by atoms with Crippen LogP contribution in [0.15, 0.2) is 12.1 Å². The Labute approximate surface area is 86.8 Å². The SMILES string of the molecule is CCc1ccc(C(=O)O)c(C#N)c1C=O. The molecule has 1 rings (SSSR count). The van der Waals surface area contributed by atoms with E-state index < -0.39 is 5.97 Å². The Bertz CT molecular complexity index is 458. The topological polar surface area (TPSA) is 78.2 Å². The summed E-state index contributed by atoms with van der Waals surface area (Å²) in [5.41, 5.74) is 0.681. The van der Waals surface area contributed by atoms with E-state index in [9.17, 15) is 9.59 Å². The summed E-state index contributed by atoms with van der Waals surface area (Å²) in [6.45, 7) is 1.84. The summed E-state index contributed by atoms with van der Waals surface area (Å²) in [4.78, 5) is 21.6. The maximum atomic E-state index is 10.8. The molecule has 0 bridgehead atoms. The van der Waals surface area contributed by atoms with Crippen molar-refractivity contribution in [2.24, 2.45) is 0 Å². The van der Waals surface area contributed by atoms with Crippen LogP contribution in [0.1, 0.15) is 38.8 Å². The molecule has 0 radical (unpaired) electrons. The van der Waals surface area contributed by atoms with E-state index in [2.05, 4.69) is 0 Å². The van der Waals surface area contributed by atoms with Gasteiger partial charge >= 0.3 is 5.97 Å². The fraction of sp³-hybridized carbons (Fsp3) is 0.182. The van der Waals surface area contributed by atoms with Gasteiger partial charge in [-0.3, -0.25) is 4.79 Å². The van der Waals surface area contributed by atoms with Gasteiger partial charge < -0.3 is 5.11 Å². The minimum Gasteiger partial charge on any atom is -0.478 e. The van der Waals surface area contributed by atoms with Gasteiger partial charge in [-0.1, -0.05) is 13.0 Å². The maximum Gasteiger partial charge on any atom is 0.337 e. The van der Waals surface area contributed by atoms with Crippen LogP contribution >= 0.6 is 0 Å². The highest BCUT2D eigenvalue weighted by atomic mass is 16.4. The van der Waals surface area contributed by atoms with E-state index in [1.807, 2.05) is 6.92 Å². The molecule has 4 heteroatoms. The van der Waals surface area contributed by atoms with Crippen molar-refractivity contribution in [3.8, 4) is 6.07 Å². The van der Waals surface area contributed by atoms with E-state index in [0.717, 1.165) is 0 Å². The lowest BCUT2D eigenvalue weighted by Gasteiger charge is -2.06. The summed E-state index contributed by atoms with van der Waals surface area (Å²) in [5, 5.41) is 17.6. The second-order valence-corrected chi connectivity index (χ2v) is 2.95. The van der Waals surface area contributed by atoms with Crippen molar-refractivity contribution in [1.82, 2.24) is 0 Å². The van der Waals surface area contributed by atoms with E-state index in [4.69, 9.17) is 10.4 Å². The Balaban J connectivity index is 3.57. The number of hydrogen-bond donors (Lipinski definition) is 1. The first kappa shape index (κ1) is 10.9. The molecule has 76 valence electrons. The normalized spacial score (nSPS) is 9.33. The van der Waals surface area contributed by atoms with Gasteiger partial charge in [-0.2, -0.15) is 5.26 Å². The van der Waals surface area contributed by atoms with Gasteiger partial charge in [0.05, 0.1) is 11.1 Å². The quantitative estimate of drug-likeness (QED) is 0.757. The van der Waals surface area contributed by atoms with Crippen LogP contribution in [0.3, 0.4) is 0 Å². The van der Waals surface area contributed by atoms with Gasteiger partial charge in [-0.15, -0.1) is 0 Å². The molecule has 0 aromatic heterocycles. The van der Waals surface area contributed by atoms with Gasteiger partial charge in [0.15, 0.2) is 6.29 Å². The Kier molecular flexibility index (Phi) is 3.19. The third-order valence-corrected chi connectivity index (χ3v) is 2.18. The zero-order valence-electron chi connectivity index (χ0n) is 8.15. The van der Waals surface area contributed by atoms with Gasteiger partial charge in [0.1, 0.15) is 6.07 Å². The molecule has 0 saturated carbocycles. The van der Waals surface area contributed by atoms with Crippen molar-refractivity contribution in [3.63, 3.8) is 0 Å². The number of carbonyl (C=O) groups excluding carboxylic acids is 1. The predicted molar refractivity (Wildman–Crippen MR) is 52.9 cm³/mol. The molecule has 0 amide bonds. The van der Waals surface area contributed by atoms with Gasteiger partial charge in [-0.25, -0.2) is 4.79 Å². The lowest BCUT2D eigenvalue weighted by molar-refractivity contribution is 0.0696. The van der Waals surface area contributed by atoms with Crippen molar-refractivity contribution in [2.75, 3.05) is 0 Å². The molecular weight excluding hydrogens is 194 g/mol. The number of benzene rings is 1. The smallest absolute Gasteiger partial charge is 0.337 e. The predicted octanol–water partition coefficient (Wildman–Crippen LogP) is 1.63. The highest BCUT2D eigenvalue weighted by Crippen LogP contribution is 2.17. The molecule has 4 nitrogen and oxygen atoms in total. The summed E-state index contributed by atoms with van der Waals surface area (Å²) in [5.74, 6) is -1.20. The monoisotopic (exact) mass is 203 g/mol. The molecule has 0 atom stereocenters. The number of carboxylic acids is 1. The molecule has 0 heterocycles. The number of aldehydes is 1. The van der Waals surface area contributed by atoms with Crippen molar-refractivity contribution >= 4 is 12.3 Å². The average molecular weight is 203 g/mol. The third kappa shape index (κ3) is 1.86. The molecule has 15 heavy (non-hydrogen) atoms. The van der Waals surface area contributed by atoms with Gasteiger partial charge in [0, 0.05) is 5.56 Å². The molecular formula is C11H9NO3. The second-order valence-electron chi connectivity index (χ2n) is 2.95. The number of nitrogens with zero attached hydrogens (tertiary/aromatic N) is 1. The standard InChI is InChI=1S/C11H9NO3/c1-2-7-3-4-8(11(14)15)9(5-12)10(7)6-13/h3-4,6H,2H2,1H3,(H,14,15). The van der Waals surface area contributed by atoms with E-state index >= 15 is 0 Å². The largest absolute Gasteiger partial charge is 0.478 e. The van der Waals surface area contributed by atoms with Crippen molar-refractivity contribution in [2.45, 2.75) is 13.3 Å².